The molecule has 0 spiro atoms. The van der Waals surface area contributed by atoms with Crippen LogP contribution in [-0.4, -0.2) is 28.6 Å². The Kier molecular flexibility index (Phi) is 5.03. The van der Waals surface area contributed by atoms with Crippen LogP contribution in [0.1, 0.15) is 26.7 Å². The molecule has 0 aliphatic carbocycles. The summed E-state index contributed by atoms with van der Waals surface area (Å²) in [5.74, 6) is 0.959. The Balaban J connectivity index is 2.28. The van der Waals surface area contributed by atoms with Gasteiger partial charge in [0.1, 0.15) is 17.8 Å². The average molecular weight is 290 g/mol. The number of ether oxygens (including phenoxy) is 1. The van der Waals surface area contributed by atoms with E-state index in [0.717, 1.165) is 18.4 Å². The molecule has 0 saturated heterocycles. The van der Waals surface area contributed by atoms with Crippen molar-refractivity contribution in [3.63, 3.8) is 0 Å². The van der Waals surface area contributed by atoms with Gasteiger partial charge in [-0.3, -0.25) is 4.79 Å². The maximum atomic E-state index is 11.9. The van der Waals surface area contributed by atoms with Crippen LogP contribution in [0, 0.1) is 0 Å². The van der Waals surface area contributed by atoms with Gasteiger partial charge in [0.25, 0.3) is 0 Å². The Morgan fingerprint density at radius 1 is 1.38 bits per heavy atom. The van der Waals surface area contributed by atoms with Crippen molar-refractivity contribution in [2.24, 2.45) is 0 Å². The number of benzene rings is 1. The maximum absolute atomic E-state index is 11.9. The summed E-state index contributed by atoms with van der Waals surface area (Å²) in [7, 11) is 0. The van der Waals surface area contributed by atoms with Crippen molar-refractivity contribution in [3.8, 4) is 5.75 Å². The van der Waals surface area contributed by atoms with Crippen LogP contribution in [0.5, 0.6) is 5.75 Å². The van der Waals surface area contributed by atoms with Crippen molar-refractivity contribution >= 4 is 22.9 Å². The lowest BCUT2D eigenvalue weighted by atomic mass is 10.3. The molecule has 0 saturated carbocycles. The summed E-state index contributed by atoms with van der Waals surface area (Å²) in [4.78, 5) is 16.2. The van der Waals surface area contributed by atoms with Crippen molar-refractivity contribution in [1.29, 1.82) is 0 Å². The van der Waals surface area contributed by atoms with Crippen LogP contribution in [0.25, 0.3) is 11.0 Å². The maximum Gasteiger partial charge on any atom is 0.240 e. The number of anilines is 1. The van der Waals surface area contributed by atoms with Crippen LogP contribution < -0.4 is 15.8 Å². The first-order chi connectivity index (χ1) is 10.2. The van der Waals surface area contributed by atoms with Crippen molar-refractivity contribution in [2.75, 3.05) is 18.9 Å². The third kappa shape index (κ3) is 3.45. The van der Waals surface area contributed by atoms with E-state index < -0.39 is 0 Å². The second-order valence-corrected chi connectivity index (χ2v) is 4.88. The largest absolute Gasteiger partial charge is 0.491 e. The van der Waals surface area contributed by atoms with Gasteiger partial charge >= 0.3 is 0 Å². The molecule has 6 heteroatoms. The third-order valence-electron chi connectivity index (χ3n) is 3.11. The molecule has 6 nitrogen and oxygen atoms in total. The van der Waals surface area contributed by atoms with E-state index in [-0.39, 0.29) is 12.5 Å². The molecule has 3 N–H and O–H groups in total. The van der Waals surface area contributed by atoms with Crippen LogP contribution in [0.15, 0.2) is 18.2 Å². The zero-order valence-corrected chi connectivity index (χ0v) is 12.6. The lowest BCUT2D eigenvalue weighted by molar-refractivity contribution is -0.121. The van der Waals surface area contributed by atoms with Crippen LogP contribution in [0.3, 0.4) is 0 Å². The van der Waals surface area contributed by atoms with Crippen molar-refractivity contribution in [3.05, 3.63) is 18.2 Å². The molecule has 2 rings (SSSR count). The number of amides is 1. The van der Waals surface area contributed by atoms with Gasteiger partial charge < -0.3 is 20.4 Å². The number of hydrogen-bond donors (Lipinski definition) is 2. The highest BCUT2D eigenvalue weighted by molar-refractivity contribution is 5.86. The van der Waals surface area contributed by atoms with Gasteiger partial charge in [-0.1, -0.05) is 19.9 Å². The van der Waals surface area contributed by atoms with E-state index in [1.54, 1.807) is 4.57 Å². The molecule has 1 amide bonds. The zero-order chi connectivity index (χ0) is 15.2. The molecule has 1 aromatic heterocycles. The molecular weight excluding hydrogens is 268 g/mol. The Morgan fingerprint density at radius 2 is 2.19 bits per heavy atom. The Morgan fingerprint density at radius 3 is 2.90 bits per heavy atom. The summed E-state index contributed by atoms with van der Waals surface area (Å²) < 4.78 is 7.38. The number of nitrogens with zero attached hydrogens (tertiary/aromatic N) is 2. The molecule has 0 unspecified atom stereocenters. The SMILES string of the molecule is CCCNC(=O)Cn1c(N)nc2c(OCCC)cccc21. The number of fused-ring (bicyclic) bond motifs is 1. The zero-order valence-electron chi connectivity index (χ0n) is 12.6. The second-order valence-electron chi connectivity index (χ2n) is 4.88. The minimum Gasteiger partial charge on any atom is -0.491 e. The molecule has 0 radical (unpaired) electrons. The molecule has 0 aliphatic heterocycles. The molecule has 0 bridgehead atoms. The second kappa shape index (κ2) is 6.97. The highest BCUT2D eigenvalue weighted by Crippen LogP contribution is 2.27. The van der Waals surface area contributed by atoms with E-state index in [9.17, 15) is 4.79 Å². The topological polar surface area (TPSA) is 82.2 Å². The van der Waals surface area contributed by atoms with Gasteiger partial charge in [0, 0.05) is 6.54 Å². The predicted molar refractivity (Wildman–Crippen MR) is 83.2 cm³/mol. The first kappa shape index (κ1) is 15.2. The van der Waals surface area contributed by atoms with Gasteiger partial charge in [-0.25, -0.2) is 4.98 Å². The third-order valence-corrected chi connectivity index (χ3v) is 3.11. The first-order valence-electron chi connectivity index (χ1n) is 7.31. The molecule has 114 valence electrons. The number of para-hydroxylation sites is 1. The first-order valence-corrected chi connectivity index (χ1v) is 7.31. The number of rotatable bonds is 7. The van der Waals surface area contributed by atoms with Gasteiger partial charge in [0.2, 0.25) is 11.9 Å². The number of carbonyl (C=O) groups excluding carboxylic acids is 1. The standard InChI is InChI=1S/C15H22N4O2/c1-3-8-17-13(20)10-19-11-6-5-7-12(21-9-4-2)14(11)18-15(19)16/h5-7H,3-4,8-10H2,1-2H3,(H2,16,18)(H,17,20). The van der Waals surface area contributed by atoms with E-state index in [1.807, 2.05) is 32.0 Å². The molecule has 2 aromatic rings. The molecule has 0 aliphatic rings. The molecular formula is C15H22N4O2. The summed E-state index contributed by atoms with van der Waals surface area (Å²) in [6.45, 7) is 5.52. The van der Waals surface area contributed by atoms with Gasteiger partial charge in [-0.15, -0.1) is 0 Å². The number of nitrogens with two attached hydrogens (primary N) is 1. The number of nitrogens with one attached hydrogen (secondary N) is 1. The summed E-state index contributed by atoms with van der Waals surface area (Å²) >= 11 is 0. The van der Waals surface area contributed by atoms with Crippen molar-refractivity contribution < 1.29 is 9.53 Å². The highest BCUT2D eigenvalue weighted by atomic mass is 16.5. The summed E-state index contributed by atoms with van der Waals surface area (Å²) in [5, 5.41) is 2.84. The quantitative estimate of drug-likeness (QED) is 0.816. The Bertz CT molecular complexity index is 621. The summed E-state index contributed by atoms with van der Waals surface area (Å²) in [6, 6.07) is 5.64. The minimum absolute atomic E-state index is 0.0669. The normalized spacial score (nSPS) is 10.8. The Hall–Kier alpha value is -2.24. The van der Waals surface area contributed by atoms with Gasteiger partial charge in [-0.2, -0.15) is 0 Å². The summed E-state index contributed by atoms with van der Waals surface area (Å²) in [6.07, 6.45) is 1.83. The molecule has 1 heterocycles. The molecule has 21 heavy (non-hydrogen) atoms. The van der Waals surface area contributed by atoms with Crippen LogP contribution in [0.4, 0.5) is 5.95 Å². The van der Waals surface area contributed by atoms with Gasteiger partial charge in [0.15, 0.2) is 0 Å². The number of nitrogen functional groups attached to an aromatic ring is 1. The average Bonchev–Trinajstić information content (AvgIpc) is 2.80. The fourth-order valence-electron chi connectivity index (χ4n) is 2.10. The highest BCUT2D eigenvalue weighted by Gasteiger charge is 2.14. The molecule has 1 aromatic carbocycles. The van der Waals surface area contributed by atoms with Gasteiger partial charge in [0.05, 0.1) is 12.1 Å². The smallest absolute Gasteiger partial charge is 0.240 e. The van der Waals surface area contributed by atoms with Gasteiger partial charge in [-0.05, 0) is 25.0 Å². The number of hydrogen-bond acceptors (Lipinski definition) is 4. The van der Waals surface area contributed by atoms with E-state index in [0.29, 0.717) is 30.4 Å². The van der Waals surface area contributed by atoms with Crippen molar-refractivity contribution in [2.45, 2.75) is 33.2 Å². The number of imidazole rings is 1. The number of aromatic nitrogens is 2. The van der Waals surface area contributed by atoms with E-state index in [2.05, 4.69) is 10.3 Å². The van der Waals surface area contributed by atoms with E-state index >= 15 is 0 Å². The fourth-order valence-corrected chi connectivity index (χ4v) is 2.10. The Labute approximate surface area is 124 Å². The molecule has 0 fully saturated rings. The van der Waals surface area contributed by atoms with Crippen LogP contribution in [0.2, 0.25) is 0 Å². The van der Waals surface area contributed by atoms with E-state index in [1.165, 1.54) is 0 Å². The van der Waals surface area contributed by atoms with Crippen LogP contribution >= 0.6 is 0 Å². The number of carbonyl (C=O) groups is 1. The van der Waals surface area contributed by atoms with Crippen molar-refractivity contribution in [1.82, 2.24) is 14.9 Å². The predicted octanol–water partition coefficient (Wildman–Crippen LogP) is 1.93. The lowest BCUT2D eigenvalue weighted by Gasteiger charge is -2.08. The lowest BCUT2D eigenvalue weighted by Crippen LogP contribution is -2.28. The fraction of sp³-hybridized carbons (Fsp3) is 0.467. The monoisotopic (exact) mass is 290 g/mol. The summed E-state index contributed by atoms with van der Waals surface area (Å²) in [5.41, 5.74) is 7.46. The van der Waals surface area contributed by atoms with Crippen LogP contribution in [-0.2, 0) is 11.3 Å². The minimum atomic E-state index is -0.0669. The van der Waals surface area contributed by atoms with E-state index in [4.69, 9.17) is 10.5 Å². The molecule has 0 atom stereocenters.